The van der Waals surface area contributed by atoms with Crippen LogP contribution in [0.15, 0.2) is 0 Å². The highest BCUT2D eigenvalue weighted by molar-refractivity contribution is 6.81. The van der Waals surface area contributed by atoms with Crippen LogP contribution in [0.25, 0.3) is 0 Å². The van der Waals surface area contributed by atoms with Crippen molar-refractivity contribution >= 4 is 72.8 Å². The summed E-state index contributed by atoms with van der Waals surface area (Å²) in [4.78, 5) is 0. The van der Waals surface area contributed by atoms with Crippen LogP contribution in [-0.2, 0) is 42.4 Å². The van der Waals surface area contributed by atoms with Gasteiger partial charge in [0.25, 0.3) is 55.7 Å². The molecule has 2 aliphatic heterocycles. The summed E-state index contributed by atoms with van der Waals surface area (Å²) in [6.07, 6.45) is 11.9. The number of hydrogen-bond donors (Lipinski definition) is 0. The van der Waals surface area contributed by atoms with Gasteiger partial charge in [-0.25, -0.2) is 0 Å². The molecule has 4 aliphatic rings. The van der Waals surface area contributed by atoms with Crippen LogP contribution in [-0.4, -0.2) is 97.9 Å². The van der Waals surface area contributed by atoms with E-state index in [-0.39, 0.29) is 0 Å². The summed E-state index contributed by atoms with van der Waals surface area (Å²) < 4.78 is 63.0. The lowest BCUT2D eigenvalue weighted by Gasteiger charge is -2.47. The Labute approximate surface area is 286 Å². The Morgan fingerprint density at radius 3 is 1.36 bits per heavy atom. The predicted octanol–water partition coefficient (Wildman–Crippen LogP) is 4.50. The summed E-state index contributed by atoms with van der Waals surface area (Å²) in [5.74, 6) is 1.51. The minimum absolute atomic E-state index is 0.303. The van der Waals surface area contributed by atoms with Crippen LogP contribution in [0.3, 0.4) is 0 Å². The highest BCUT2D eigenvalue weighted by Gasteiger charge is 2.44. The van der Waals surface area contributed by atoms with Crippen LogP contribution in [0, 0.1) is 17.3 Å². The largest absolute Gasteiger partial charge is 0.420 e. The van der Waals surface area contributed by atoms with Gasteiger partial charge in [-0.2, -0.15) is 0 Å². The van der Waals surface area contributed by atoms with Gasteiger partial charge in [-0.05, 0) is 133 Å². The van der Waals surface area contributed by atoms with Crippen molar-refractivity contribution in [2.24, 2.45) is 17.3 Å². The lowest BCUT2D eigenvalue weighted by atomic mass is 9.60. The van der Waals surface area contributed by atoms with Crippen molar-refractivity contribution < 1.29 is 42.4 Å². The van der Waals surface area contributed by atoms with Gasteiger partial charge in [0.05, 0.1) is 18.4 Å². The van der Waals surface area contributed by atoms with Gasteiger partial charge in [-0.1, -0.05) is 13.8 Å². The molecule has 2 saturated carbocycles. The second kappa shape index (κ2) is 17.5. The zero-order valence-corrected chi connectivity index (χ0v) is 38.8. The molecule has 0 aromatic rings. The van der Waals surface area contributed by atoms with E-state index in [1.807, 2.05) is 0 Å². The molecule has 45 heavy (non-hydrogen) atoms. The van der Waals surface area contributed by atoms with Gasteiger partial charge >= 0.3 is 17.1 Å². The molecule has 2 aliphatic carbocycles. The van der Waals surface area contributed by atoms with Crippen molar-refractivity contribution in [3.8, 4) is 0 Å². The standard InChI is InChI=1S/C27H64O10Si8/c1-27(2,24-14-18-26(19-15-24)29-22-45(10)36-42(7)32-39(4)33-43(8)37-45)23-12-16-25(17-13-23)28-20-11-21-44(9)34-40(5)30-38(3)31-41(6)35-44/h23-26,38-43H,11-22H2,1-10H3. The summed E-state index contributed by atoms with van der Waals surface area (Å²) >= 11 is 0. The first-order valence-corrected chi connectivity index (χ1v) is 35.3. The van der Waals surface area contributed by atoms with Crippen molar-refractivity contribution in [2.75, 3.05) is 12.8 Å². The third-order valence-electron chi connectivity index (χ3n) is 10.4. The van der Waals surface area contributed by atoms with E-state index in [2.05, 4.69) is 66.2 Å². The van der Waals surface area contributed by atoms with Gasteiger partial charge in [0.15, 0.2) is 0 Å². The number of hydrogen-bond acceptors (Lipinski definition) is 10. The normalized spacial score (nSPS) is 44.4. The Balaban J connectivity index is 1.14. The van der Waals surface area contributed by atoms with Gasteiger partial charge in [0, 0.05) is 6.61 Å². The maximum absolute atomic E-state index is 6.50. The predicted molar refractivity (Wildman–Crippen MR) is 197 cm³/mol. The molecule has 4 atom stereocenters. The first kappa shape index (κ1) is 39.1. The lowest BCUT2D eigenvalue weighted by molar-refractivity contribution is -0.0320. The lowest BCUT2D eigenvalue weighted by Crippen LogP contribution is -2.56. The zero-order valence-electron chi connectivity index (χ0n) is 29.8. The van der Waals surface area contributed by atoms with Crippen molar-refractivity contribution in [1.29, 1.82) is 0 Å². The Bertz CT molecular complexity index is 868. The molecular formula is C27H64O10Si8. The quantitative estimate of drug-likeness (QED) is 0.234. The van der Waals surface area contributed by atoms with Crippen LogP contribution in [0.1, 0.15) is 71.6 Å². The van der Waals surface area contributed by atoms with Crippen molar-refractivity contribution in [1.82, 2.24) is 0 Å². The average Bonchev–Trinajstić information content (AvgIpc) is 2.92. The molecule has 0 aromatic carbocycles. The minimum Gasteiger partial charge on any atom is -0.420 e. The van der Waals surface area contributed by atoms with Gasteiger partial charge in [-0.3, -0.25) is 0 Å². The van der Waals surface area contributed by atoms with E-state index >= 15 is 0 Å². The Morgan fingerprint density at radius 1 is 0.556 bits per heavy atom. The Kier molecular flexibility index (Phi) is 15.2. The zero-order chi connectivity index (χ0) is 32.8. The summed E-state index contributed by atoms with van der Waals surface area (Å²) in [5, 5.41) is 0. The van der Waals surface area contributed by atoms with Gasteiger partial charge in [0.1, 0.15) is 0 Å². The van der Waals surface area contributed by atoms with Crippen molar-refractivity contribution in [3.05, 3.63) is 0 Å². The molecule has 0 spiro atoms. The third kappa shape index (κ3) is 12.3. The fourth-order valence-corrected chi connectivity index (χ4v) is 36.8. The highest BCUT2D eigenvalue weighted by atomic mass is 28.5. The van der Waals surface area contributed by atoms with E-state index in [9.17, 15) is 0 Å². The fourth-order valence-electron chi connectivity index (χ4n) is 8.09. The van der Waals surface area contributed by atoms with Gasteiger partial charge < -0.3 is 42.4 Å². The van der Waals surface area contributed by atoms with Crippen LogP contribution in [0.4, 0.5) is 0 Å². The van der Waals surface area contributed by atoms with E-state index in [1.54, 1.807) is 0 Å². The maximum atomic E-state index is 6.50. The van der Waals surface area contributed by atoms with Crippen molar-refractivity contribution in [3.63, 3.8) is 0 Å². The molecule has 2 heterocycles. The Hall–Kier alpha value is 1.34. The summed E-state index contributed by atoms with van der Waals surface area (Å²) in [5.41, 5.74) is 0.346. The maximum Gasteiger partial charge on any atom is 0.343 e. The molecule has 4 unspecified atom stereocenters. The van der Waals surface area contributed by atoms with E-state index in [1.165, 1.54) is 38.5 Å². The summed E-state index contributed by atoms with van der Waals surface area (Å²) in [6.45, 7) is 22.7. The first-order valence-electron chi connectivity index (χ1n) is 17.7. The summed E-state index contributed by atoms with van der Waals surface area (Å²) in [6, 6.07) is 0.950. The van der Waals surface area contributed by atoms with E-state index in [4.69, 9.17) is 42.4 Å². The van der Waals surface area contributed by atoms with Crippen LogP contribution in [0.2, 0.25) is 58.4 Å². The molecule has 0 N–H and O–H groups in total. The molecule has 0 amide bonds. The molecule has 264 valence electrons. The molecule has 10 nitrogen and oxygen atoms in total. The molecule has 0 bridgehead atoms. The fraction of sp³-hybridized carbons (Fsp3) is 1.00. The van der Waals surface area contributed by atoms with E-state index in [0.29, 0.717) is 23.9 Å². The van der Waals surface area contributed by atoms with Gasteiger partial charge in [-0.15, -0.1) is 0 Å². The molecule has 4 rings (SSSR count). The molecule has 18 heteroatoms. The number of ether oxygens (including phenoxy) is 2. The molecule has 0 radical (unpaired) electrons. The average molecular weight is 773 g/mol. The molecule has 2 saturated heterocycles. The summed E-state index contributed by atoms with van der Waals surface area (Å²) in [7, 11) is -14.8. The van der Waals surface area contributed by atoms with Crippen LogP contribution < -0.4 is 0 Å². The van der Waals surface area contributed by atoms with E-state index < -0.39 is 72.8 Å². The monoisotopic (exact) mass is 772 g/mol. The number of rotatable bonds is 10. The minimum atomic E-state index is -2.44. The highest BCUT2D eigenvalue weighted by Crippen LogP contribution is 2.49. The smallest absolute Gasteiger partial charge is 0.343 e. The molecule has 0 aromatic heterocycles. The molecular weight excluding hydrogens is 709 g/mol. The SMILES string of the molecule is C[SiH]1O[SiH](C)O[Si](C)(CCCOC2CCC(C(C)(C)C3CCC(OC[Si]4(C)O[SiH](C)O[SiH](C)O[SiH](C)O4)CC3)CC2)O[SiH](C)O1. The second-order valence-corrected chi connectivity index (χ2v) is 35.0. The third-order valence-corrected chi connectivity index (χ3v) is 37.9. The Morgan fingerprint density at radius 2 is 0.933 bits per heavy atom. The van der Waals surface area contributed by atoms with Gasteiger partial charge in [0.2, 0.25) is 0 Å². The molecule has 4 fully saturated rings. The second-order valence-electron chi connectivity index (χ2n) is 14.7. The van der Waals surface area contributed by atoms with Crippen LogP contribution >= 0.6 is 0 Å². The first-order chi connectivity index (χ1) is 21.1. The van der Waals surface area contributed by atoms with Crippen molar-refractivity contribution in [2.45, 2.75) is 142 Å². The van der Waals surface area contributed by atoms with E-state index in [0.717, 1.165) is 43.7 Å². The topological polar surface area (TPSA) is 92.3 Å². The van der Waals surface area contributed by atoms with Crippen LogP contribution in [0.5, 0.6) is 0 Å².